The van der Waals surface area contributed by atoms with Gasteiger partial charge in [0, 0.05) is 19.7 Å². The van der Waals surface area contributed by atoms with Crippen LogP contribution in [0.3, 0.4) is 0 Å². The fourth-order valence-corrected chi connectivity index (χ4v) is 1.69. The lowest BCUT2D eigenvalue weighted by Gasteiger charge is -2.07. The second-order valence-electron chi connectivity index (χ2n) is 4.16. The molecule has 5 heteroatoms. The summed E-state index contributed by atoms with van der Waals surface area (Å²) in [6.07, 6.45) is 5.30. The third-order valence-electron chi connectivity index (χ3n) is 2.82. The average Bonchev–Trinajstić information content (AvgIpc) is 2.54. The maximum atomic E-state index is 13.7. The molecule has 4 nitrogen and oxygen atoms in total. The molecule has 0 saturated heterocycles. The summed E-state index contributed by atoms with van der Waals surface area (Å²) in [5.41, 5.74) is 4.70. The highest BCUT2D eigenvalue weighted by atomic mass is 19.1. The van der Waals surface area contributed by atoms with Gasteiger partial charge in [-0.05, 0) is 23.3 Å². The Kier molecular flexibility index (Phi) is 4.55. The number of hydrazone groups is 1. The molecule has 1 aromatic carbocycles. The molecule has 0 aromatic heterocycles. The molecule has 0 radical (unpaired) electrons. The van der Waals surface area contributed by atoms with Crippen LogP contribution in [0.5, 0.6) is 0 Å². The van der Waals surface area contributed by atoms with Gasteiger partial charge in [-0.3, -0.25) is 15.4 Å². The fraction of sp³-hybridized carbons (Fsp3) is 0.133. The molecular weight excluding hydrogens is 255 g/mol. The first-order valence-corrected chi connectivity index (χ1v) is 6.12. The Labute approximate surface area is 117 Å². The smallest absolute Gasteiger partial charge is 0.159 e. The summed E-state index contributed by atoms with van der Waals surface area (Å²) in [6.45, 7) is 3.90. The van der Waals surface area contributed by atoms with Crippen LogP contribution in [0.25, 0.3) is 0 Å². The van der Waals surface area contributed by atoms with Gasteiger partial charge >= 0.3 is 0 Å². The molecular formula is C15H15FN4. The normalized spacial score (nSPS) is 18.8. The van der Waals surface area contributed by atoms with Crippen molar-refractivity contribution in [3.63, 3.8) is 0 Å². The first-order chi connectivity index (χ1) is 9.70. The van der Waals surface area contributed by atoms with E-state index in [0.717, 1.165) is 5.57 Å². The monoisotopic (exact) mass is 270 g/mol. The minimum Gasteiger partial charge on any atom is -0.269 e. The predicted octanol–water partition coefficient (Wildman–Crippen LogP) is 2.50. The van der Waals surface area contributed by atoms with Gasteiger partial charge in [-0.2, -0.15) is 5.10 Å². The number of nitrogens with one attached hydrogen (secondary N) is 1. The summed E-state index contributed by atoms with van der Waals surface area (Å²) in [4.78, 5) is 8.19. The van der Waals surface area contributed by atoms with Gasteiger partial charge in [0.25, 0.3) is 0 Å². The maximum absolute atomic E-state index is 13.7. The van der Waals surface area contributed by atoms with E-state index >= 15 is 0 Å². The topological polar surface area (TPSA) is 49.1 Å². The van der Waals surface area contributed by atoms with Crippen LogP contribution in [0, 0.1) is 5.82 Å². The highest BCUT2D eigenvalue weighted by Gasteiger charge is 2.08. The zero-order valence-corrected chi connectivity index (χ0v) is 11.2. The van der Waals surface area contributed by atoms with Crippen LogP contribution in [0.2, 0.25) is 0 Å². The Morgan fingerprint density at radius 3 is 2.90 bits per heavy atom. The van der Waals surface area contributed by atoms with E-state index in [9.17, 15) is 4.39 Å². The number of hydrogen-bond acceptors (Lipinski definition) is 3. The molecule has 2 rings (SSSR count). The number of allylic oxidation sites excluding steroid dienone is 2. The van der Waals surface area contributed by atoms with Crippen molar-refractivity contribution in [2.75, 3.05) is 7.05 Å². The van der Waals surface area contributed by atoms with Gasteiger partial charge in [0.05, 0.1) is 11.9 Å². The maximum Gasteiger partial charge on any atom is 0.159 e. The third-order valence-corrected chi connectivity index (χ3v) is 2.82. The van der Waals surface area contributed by atoms with Gasteiger partial charge in [0.1, 0.15) is 5.82 Å². The fourth-order valence-electron chi connectivity index (χ4n) is 1.69. The van der Waals surface area contributed by atoms with Crippen LogP contribution in [0.1, 0.15) is 5.56 Å². The molecule has 1 aliphatic heterocycles. The third kappa shape index (κ3) is 3.47. The van der Waals surface area contributed by atoms with E-state index in [1.54, 1.807) is 43.8 Å². The number of rotatable bonds is 2. The van der Waals surface area contributed by atoms with Crippen molar-refractivity contribution >= 4 is 18.3 Å². The first-order valence-electron chi connectivity index (χ1n) is 6.12. The van der Waals surface area contributed by atoms with Crippen LogP contribution in [0.4, 0.5) is 4.39 Å². The Morgan fingerprint density at radius 2 is 2.15 bits per heavy atom. The van der Waals surface area contributed by atoms with E-state index in [-0.39, 0.29) is 5.82 Å². The van der Waals surface area contributed by atoms with Gasteiger partial charge < -0.3 is 0 Å². The van der Waals surface area contributed by atoms with Crippen LogP contribution < -0.4 is 5.43 Å². The highest BCUT2D eigenvalue weighted by Crippen LogP contribution is 2.18. The first kappa shape index (κ1) is 13.9. The Hall–Kier alpha value is -2.56. The second kappa shape index (κ2) is 6.56. The van der Waals surface area contributed by atoms with Gasteiger partial charge in [0.15, 0.2) is 5.84 Å². The minimum absolute atomic E-state index is 0.240. The zero-order chi connectivity index (χ0) is 14.4. The van der Waals surface area contributed by atoms with Crippen molar-refractivity contribution in [2.24, 2.45) is 15.1 Å². The number of nitrogens with zero attached hydrogens (tertiary/aromatic N) is 3. The zero-order valence-electron chi connectivity index (χ0n) is 11.2. The van der Waals surface area contributed by atoms with Crippen molar-refractivity contribution < 1.29 is 4.39 Å². The molecule has 0 atom stereocenters. The molecule has 1 N–H and O–H groups in total. The average molecular weight is 270 g/mol. The molecule has 1 heterocycles. The predicted molar refractivity (Wildman–Crippen MR) is 80.8 cm³/mol. The lowest BCUT2D eigenvalue weighted by molar-refractivity contribution is 0.613. The number of halogens is 1. The van der Waals surface area contributed by atoms with Gasteiger partial charge in [0.2, 0.25) is 0 Å². The standard InChI is InChI=1S/C15H15FN4/c1-11-12(9-13-5-3-4-6-14(13)16)7-8-19-20-15(17-2)10-18-11/h3-8,10H,1,9H2,2H3,(H,17,20)/b12-7?,18-10?,19-8-. The molecule has 0 bridgehead atoms. The number of aliphatic imine (C=N–C) groups is 2. The van der Waals surface area contributed by atoms with E-state index in [2.05, 4.69) is 27.1 Å². The largest absolute Gasteiger partial charge is 0.269 e. The van der Waals surface area contributed by atoms with Crippen LogP contribution in [-0.2, 0) is 6.42 Å². The summed E-state index contributed by atoms with van der Waals surface area (Å²) in [6, 6.07) is 6.65. The SMILES string of the molecule is C=C1N=CC(=NC)N/N=C\C=C1Cc1ccccc1F. The molecule has 1 aromatic rings. The van der Waals surface area contributed by atoms with Gasteiger partial charge in [-0.25, -0.2) is 4.39 Å². The van der Waals surface area contributed by atoms with E-state index in [1.165, 1.54) is 6.07 Å². The van der Waals surface area contributed by atoms with Crippen molar-refractivity contribution in [3.8, 4) is 0 Å². The number of hydrogen-bond donors (Lipinski definition) is 1. The minimum atomic E-state index is -0.240. The number of amidine groups is 1. The molecule has 0 amide bonds. The molecule has 0 fully saturated rings. The van der Waals surface area contributed by atoms with Gasteiger partial charge in [-0.1, -0.05) is 24.8 Å². The molecule has 1 aliphatic rings. The Balaban J connectivity index is 2.26. The van der Waals surface area contributed by atoms with E-state index < -0.39 is 0 Å². The quantitative estimate of drug-likeness (QED) is 0.882. The van der Waals surface area contributed by atoms with E-state index in [1.807, 2.05) is 0 Å². The summed E-state index contributed by atoms with van der Waals surface area (Å²) < 4.78 is 13.7. The molecule has 20 heavy (non-hydrogen) atoms. The lowest BCUT2D eigenvalue weighted by Crippen LogP contribution is -2.18. The molecule has 0 aliphatic carbocycles. The number of benzene rings is 1. The summed E-state index contributed by atoms with van der Waals surface area (Å²) in [5.74, 6) is 0.291. The molecule has 0 spiro atoms. The summed E-state index contributed by atoms with van der Waals surface area (Å²) in [5, 5.41) is 3.98. The van der Waals surface area contributed by atoms with Crippen molar-refractivity contribution in [1.29, 1.82) is 0 Å². The summed E-state index contributed by atoms with van der Waals surface area (Å²) in [7, 11) is 1.64. The Bertz CT molecular complexity index is 627. The molecule has 102 valence electrons. The van der Waals surface area contributed by atoms with Crippen molar-refractivity contribution in [3.05, 3.63) is 59.6 Å². The van der Waals surface area contributed by atoms with E-state index in [4.69, 9.17) is 0 Å². The van der Waals surface area contributed by atoms with Gasteiger partial charge in [-0.15, -0.1) is 0 Å². The van der Waals surface area contributed by atoms with Crippen LogP contribution >= 0.6 is 0 Å². The van der Waals surface area contributed by atoms with E-state index in [0.29, 0.717) is 23.5 Å². The van der Waals surface area contributed by atoms with Crippen molar-refractivity contribution in [1.82, 2.24) is 5.43 Å². The van der Waals surface area contributed by atoms with Crippen LogP contribution in [-0.4, -0.2) is 25.3 Å². The summed E-state index contributed by atoms with van der Waals surface area (Å²) >= 11 is 0. The Morgan fingerprint density at radius 1 is 1.35 bits per heavy atom. The molecule has 0 saturated carbocycles. The molecule has 0 unspecified atom stereocenters. The lowest BCUT2D eigenvalue weighted by atomic mass is 10.0. The second-order valence-corrected chi connectivity index (χ2v) is 4.16. The van der Waals surface area contributed by atoms with Crippen molar-refractivity contribution in [2.45, 2.75) is 6.42 Å². The highest BCUT2D eigenvalue weighted by molar-refractivity contribution is 6.29. The van der Waals surface area contributed by atoms with Crippen LogP contribution in [0.15, 0.2) is 63.3 Å².